The molecule has 2 aromatic rings. The van der Waals surface area contributed by atoms with Crippen LogP contribution < -0.4 is 5.32 Å². The molecule has 3 nitrogen and oxygen atoms in total. The van der Waals surface area contributed by atoms with E-state index in [1.165, 1.54) is 0 Å². The molecule has 0 radical (unpaired) electrons. The summed E-state index contributed by atoms with van der Waals surface area (Å²) in [7, 11) is 0. The third-order valence-electron chi connectivity index (χ3n) is 3.39. The summed E-state index contributed by atoms with van der Waals surface area (Å²) >= 11 is 0. The molecule has 0 saturated heterocycles. The topological polar surface area (TPSA) is 49.3 Å². The van der Waals surface area contributed by atoms with Gasteiger partial charge in [-0.3, -0.25) is 4.79 Å². The highest BCUT2D eigenvalue weighted by Gasteiger charge is 2.20. The van der Waals surface area contributed by atoms with Crippen LogP contribution in [-0.2, 0) is 4.79 Å². The molecule has 96 valence electrons. The molecule has 3 rings (SSSR count). The predicted octanol–water partition coefficient (Wildman–Crippen LogP) is 2.19. The van der Waals surface area contributed by atoms with Crippen LogP contribution in [0.25, 0.3) is 22.4 Å². The first-order chi connectivity index (χ1) is 9.31. The van der Waals surface area contributed by atoms with Crippen molar-refractivity contribution in [2.24, 2.45) is 0 Å². The van der Waals surface area contributed by atoms with E-state index in [2.05, 4.69) is 17.4 Å². The number of hydrogen-bond acceptors (Lipinski definition) is 2. The van der Waals surface area contributed by atoms with Crippen LogP contribution in [0.2, 0.25) is 0 Å². The smallest absolute Gasteiger partial charge is 0.251 e. The molecule has 0 saturated carbocycles. The highest BCUT2D eigenvalue weighted by Crippen LogP contribution is 2.36. The Morgan fingerprint density at radius 2 is 1.95 bits per heavy atom. The highest BCUT2D eigenvalue weighted by atomic mass is 16.3. The van der Waals surface area contributed by atoms with Crippen molar-refractivity contribution in [2.45, 2.75) is 6.42 Å². The number of benzene rings is 2. The Balaban J connectivity index is 1.95. The second-order valence-corrected chi connectivity index (χ2v) is 4.64. The zero-order chi connectivity index (χ0) is 13.2. The summed E-state index contributed by atoms with van der Waals surface area (Å²) < 4.78 is 0. The van der Waals surface area contributed by atoms with Gasteiger partial charge in [0.1, 0.15) is 0 Å². The number of carbonyl (C=O) groups is 1. The van der Waals surface area contributed by atoms with Crippen molar-refractivity contribution < 1.29 is 9.90 Å². The molecule has 0 aliphatic heterocycles. The Morgan fingerprint density at radius 3 is 2.74 bits per heavy atom. The number of aliphatic hydroxyl groups excluding tert-OH is 1. The molecule has 0 fully saturated rings. The van der Waals surface area contributed by atoms with E-state index >= 15 is 0 Å². The van der Waals surface area contributed by atoms with Gasteiger partial charge in [-0.05, 0) is 34.4 Å². The quantitative estimate of drug-likeness (QED) is 0.821. The summed E-state index contributed by atoms with van der Waals surface area (Å²) in [6.07, 6.45) is 2.52. The van der Waals surface area contributed by atoms with Gasteiger partial charge < -0.3 is 10.4 Å². The molecule has 2 N–H and O–H groups in total. The number of hydrogen-bond donors (Lipinski definition) is 2. The van der Waals surface area contributed by atoms with Crippen molar-refractivity contribution in [1.82, 2.24) is 5.32 Å². The molecular weight excluding hydrogens is 238 g/mol. The molecule has 19 heavy (non-hydrogen) atoms. The molecule has 2 aromatic carbocycles. The number of rotatable bonds is 4. The molecule has 0 spiro atoms. The maximum absolute atomic E-state index is 12.2. The third-order valence-corrected chi connectivity index (χ3v) is 3.39. The first-order valence-electron chi connectivity index (χ1n) is 6.44. The van der Waals surface area contributed by atoms with Crippen LogP contribution in [0.3, 0.4) is 0 Å². The fourth-order valence-corrected chi connectivity index (χ4v) is 2.51. The lowest BCUT2D eigenvalue weighted by atomic mass is 10.0. The molecule has 0 unspecified atom stereocenters. The lowest BCUT2D eigenvalue weighted by Gasteiger charge is -2.07. The van der Waals surface area contributed by atoms with E-state index in [9.17, 15) is 4.79 Å². The van der Waals surface area contributed by atoms with E-state index in [0.717, 1.165) is 21.9 Å². The Hall–Kier alpha value is -2.13. The molecule has 1 amide bonds. The van der Waals surface area contributed by atoms with Crippen molar-refractivity contribution in [3.8, 4) is 0 Å². The molecular formula is C16H15NO2. The van der Waals surface area contributed by atoms with Crippen LogP contribution in [0.15, 0.2) is 36.4 Å². The molecule has 1 aliphatic carbocycles. The Labute approximate surface area is 111 Å². The largest absolute Gasteiger partial charge is 0.396 e. The van der Waals surface area contributed by atoms with Crippen LogP contribution >= 0.6 is 0 Å². The van der Waals surface area contributed by atoms with E-state index in [1.54, 1.807) is 0 Å². The minimum Gasteiger partial charge on any atom is -0.396 e. The summed E-state index contributed by atoms with van der Waals surface area (Å²) in [5, 5.41) is 13.9. The van der Waals surface area contributed by atoms with Crippen molar-refractivity contribution in [2.75, 3.05) is 13.2 Å². The second kappa shape index (κ2) is 4.86. The fourth-order valence-electron chi connectivity index (χ4n) is 2.51. The van der Waals surface area contributed by atoms with Crippen molar-refractivity contribution >= 4 is 28.3 Å². The lowest BCUT2D eigenvalue weighted by molar-refractivity contribution is -0.115. The average Bonchev–Trinajstić information content (AvgIpc) is 2.81. The minimum absolute atomic E-state index is 0.0721. The monoisotopic (exact) mass is 253 g/mol. The molecule has 3 heteroatoms. The number of nitrogens with one attached hydrogen (secondary N) is 1. The van der Waals surface area contributed by atoms with Gasteiger partial charge in [0.25, 0.3) is 5.91 Å². The van der Waals surface area contributed by atoms with Gasteiger partial charge in [0.05, 0.1) is 0 Å². The predicted molar refractivity (Wildman–Crippen MR) is 76.5 cm³/mol. The summed E-state index contributed by atoms with van der Waals surface area (Å²) in [6.45, 7) is 0.591. The fraction of sp³-hybridized carbons (Fsp3) is 0.188. The third kappa shape index (κ3) is 2.02. The van der Waals surface area contributed by atoms with Crippen LogP contribution in [0, 0.1) is 0 Å². The summed E-state index contributed by atoms with van der Waals surface area (Å²) in [5.41, 5.74) is 2.81. The standard InChI is InChI=1S/C16H15NO2/c18-9-3-8-17-16(19)14-10-12-6-1-4-11-5-2-7-13(14)15(11)12/h1-2,4-7,10,18H,3,8-9H2,(H,17,19). The Morgan fingerprint density at radius 1 is 1.16 bits per heavy atom. The SMILES string of the molecule is O=C(NCCCO)C1=Cc2cccc3cccc1c23. The Bertz CT molecular complexity index is 668. The van der Waals surface area contributed by atoms with Gasteiger partial charge in [-0.1, -0.05) is 36.4 Å². The first-order valence-corrected chi connectivity index (χ1v) is 6.44. The van der Waals surface area contributed by atoms with Crippen molar-refractivity contribution in [1.29, 1.82) is 0 Å². The normalized spacial score (nSPS) is 12.6. The number of amides is 1. The maximum Gasteiger partial charge on any atom is 0.251 e. The average molecular weight is 253 g/mol. The van der Waals surface area contributed by atoms with E-state index < -0.39 is 0 Å². The summed E-state index contributed by atoms with van der Waals surface area (Å²) in [4.78, 5) is 12.2. The maximum atomic E-state index is 12.2. The first kappa shape index (κ1) is 11.9. The molecule has 0 bridgehead atoms. The Kier molecular flexibility index (Phi) is 3.05. The summed E-state index contributed by atoms with van der Waals surface area (Å²) in [6, 6.07) is 12.1. The van der Waals surface area contributed by atoms with Gasteiger partial charge in [-0.2, -0.15) is 0 Å². The highest BCUT2D eigenvalue weighted by molar-refractivity contribution is 6.31. The zero-order valence-electron chi connectivity index (χ0n) is 10.5. The van der Waals surface area contributed by atoms with E-state index in [-0.39, 0.29) is 12.5 Å². The zero-order valence-corrected chi connectivity index (χ0v) is 10.5. The van der Waals surface area contributed by atoms with Crippen LogP contribution in [0.1, 0.15) is 17.5 Å². The summed E-state index contributed by atoms with van der Waals surface area (Å²) in [5.74, 6) is -0.0721. The van der Waals surface area contributed by atoms with Crippen LogP contribution in [0.4, 0.5) is 0 Å². The van der Waals surface area contributed by atoms with E-state index in [1.807, 2.05) is 30.3 Å². The number of carbonyl (C=O) groups excluding carboxylic acids is 1. The second-order valence-electron chi connectivity index (χ2n) is 4.64. The van der Waals surface area contributed by atoms with Gasteiger partial charge in [-0.15, -0.1) is 0 Å². The van der Waals surface area contributed by atoms with Gasteiger partial charge in [0.15, 0.2) is 0 Å². The molecule has 0 heterocycles. The van der Waals surface area contributed by atoms with Crippen LogP contribution in [-0.4, -0.2) is 24.2 Å². The molecule has 0 aromatic heterocycles. The van der Waals surface area contributed by atoms with Gasteiger partial charge in [0.2, 0.25) is 0 Å². The number of aliphatic hydroxyl groups is 1. The van der Waals surface area contributed by atoms with Crippen molar-refractivity contribution in [3.05, 3.63) is 47.5 Å². The van der Waals surface area contributed by atoms with Crippen LogP contribution in [0.5, 0.6) is 0 Å². The van der Waals surface area contributed by atoms with Crippen molar-refractivity contribution in [3.63, 3.8) is 0 Å². The van der Waals surface area contributed by atoms with E-state index in [4.69, 9.17) is 5.11 Å². The minimum atomic E-state index is -0.0721. The molecule has 0 atom stereocenters. The van der Waals surface area contributed by atoms with E-state index in [0.29, 0.717) is 18.5 Å². The lowest BCUT2D eigenvalue weighted by Crippen LogP contribution is -2.25. The van der Waals surface area contributed by atoms with Gasteiger partial charge >= 0.3 is 0 Å². The van der Waals surface area contributed by atoms with Gasteiger partial charge in [0, 0.05) is 18.7 Å². The van der Waals surface area contributed by atoms with Gasteiger partial charge in [-0.25, -0.2) is 0 Å². The molecule has 1 aliphatic rings.